The summed E-state index contributed by atoms with van der Waals surface area (Å²) in [6.45, 7) is 0. The summed E-state index contributed by atoms with van der Waals surface area (Å²) in [5.74, 6) is -3.09. The number of fused-ring (bicyclic) bond motifs is 1. The fourth-order valence-electron chi connectivity index (χ4n) is 3.25. The maximum atomic E-state index is 13.3. The predicted octanol–water partition coefficient (Wildman–Crippen LogP) is 1.91. The fourth-order valence-corrected chi connectivity index (χ4v) is 3.43. The van der Waals surface area contributed by atoms with Crippen molar-refractivity contribution in [2.75, 3.05) is 19.5 Å². The van der Waals surface area contributed by atoms with Gasteiger partial charge in [0.1, 0.15) is 6.42 Å². The largest absolute Gasteiger partial charge is 0.469 e. The second kappa shape index (κ2) is 9.05. The van der Waals surface area contributed by atoms with Crippen LogP contribution in [0.1, 0.15) is 22.3 Å². The van der Waals surface area contributed by atoms with E-state index in [4.69, 9.17) is 21.1 Å². The Morgan fingerprint density at radius 2 is 1.81 bits per heavy atom. The van der Waals surface area contributed by atoms with Crippen LogP contribution in [0.25, 0.3) is 0 Å². The fraction of sp³-hybridized carbons (Fsp3) is 0.238. The van der Waals surface area contributed by atoms with Gasteiger partial charge in [0.15, 0.2) is 0 Å². The van der Waals surface area contributed by atoms with Crippen LogP contribution in [0.15, 0.2) is 48.5 Å². The van der Waals surface area contributed by atoms with Crippen LogP contribution in [-0.4, -0.2) is 48.6 Å². The van der Waals surface area contributed by atoms with Gasteiger partial charge in [-0.2, -0.15) is 0 Å². The number of amides is 2. The van der Waals surface area contributed by atoms with E-state index in [-0.39, 0.29) is 22.7 Å². The number of halogens is 1. The molecule has 3 rings (SSSR count). The van der Waals surface area contributed by atoms with Crippen LogP contribution < -0.4 is 10.7 Å². The second-order valence-corrected chi connectivity index (χ2v) is 7.19. The van der Waals surface area contributed by atoms with E-state index >= 15 is 0 Å². The predicted molar refractivity (Wildman–Crippen MR) is 111 cm³/mol. The van der Waals surface area contributed by atoms with Gasteiger partial charge in [-0.05, 0) is 23.8 Å². The molecule has 0 aliphatic carbocycles. The molecule has 0 fully saturated rings. The summed E-state index contributed by atoms with van der Waals surface area (Å²) in [5.41, 5.74) is 1.43. The summed E-state index contributed by atoms with van der Waals surface area (Å²) in [7, 11) is 2.25. The highest BCUT2D eigenvalue weighted by molar-refractivity contribution is 6.31. The first kappa shape index (κ1) is 22.1. The molecule has 0 aromatic heterocycles. The van der Waals surface area contributed by atoms with E-state index in [1.807, 2.05) is 0 Å². The molecule has 2 aromatic rings. The van der Waals surface area contributed by atoms with Gasteiger partial charge in [-0.15, -0.1) is 0 Å². The van der Waals surface area contributed by atoms with Crippen molar-refractivity contribution in [1.29, 1.82) is 0 Å². The molecule has 1 aliphatic rings. The molecule has 9 nitrogen and oxygen atoms in total. The Morgan fingerprint density at radius 3 is 2.45 bits per heavy atom. The molecule has 0 saturated carbocycles. The number of anilines is 1. The topological polar surface area (TPSA) is 114 Å². The van der Waals surface area contributed by atoms with Gasteiger partial charge in [-0.25, -0.2) is 9.80 Å². The number of methoxy groups -OCH3 is 2. The quantitative estimate of drug-likeness (QED) is 0.653. The van der Waals surface area contributed by atoms with Crippen molar-refractivity contribution in [3.8, 4) is 0 Å². The maximum absolute atomic E-state index is 13.3. The van der Waals surface area contributed by atoms with E-state index in [1.165, 1.54) is 18.2 Å². The summed E-state index contributed by atoms with van der Waals surface area (Å²) in [4.78, 5) is 51.1. The van der Waals surface area contributed by atoms with E-state index in [0.29, 0.717) is 5.56 Å². The lowest BCUT2D eigenvalue weighted by atomic mass is 9.97. The van der Waals surface area contributed by atoms with Crippen LogP contribution in [0, 0.1) is 0 Å². The zero-order valence-corrected chi connectivity index (χ0v) is 17.6. The van der Waals surface area contributed by atoms with Gasteiger partial charge in [-0.1, -0.05) is 41.9 Å². The standard InChI is InChI=1S/C21H20ClN3O6/c1-30-18(27)12-21(20(29)31-2)23-16-9-8-14(22)11-15(16)19(28)25(21)24-17(26)10-13-6-4-3-5-7-13/h3-9,11,23H,10,12H2,1-2H3,(H,24,26). The molecule has 31 heavy (non-hydrogen) atoms. The highest BCUT2D eigenvalue weighted by Gasteiger charge is 2.54. The summed E-state index contributed by atoms with van der Waals surface area (Å²) in [6.07, 6.45) is -0.682. The first-order valence-corrected chi connectivity index (χ1v) is 9.59. The van der Waals surface area contributed by atoms with Gasteiger partial charge in [0.2, 0.25) is 11.6 Å². The lowest BCUT2D eigenvalue weighted by Gasteiger charge is -2.44. The van der Waals surface area contributed by atoms with E-state index in [9.17, 15) is 19.2 Å². The third kappa shape index (κ3) is 4.46. The molecule has 1 heterocycles. The number of benzene rings is 2. The molecule has 2 N–H and O–H groups in total. The number of carbonyl (C=O) groups is 4. The Hall–Kier alpha value is -3.59. The van der Waals surface area contributed by atoms with Crippen molar-refractivity contribution < 1.29 is 28.7 Å². The molecule has 2 amide bonds. The molecule has 0 radical (unpaired) electrons. The SMILES string of the molecule is COC(=O)CC1(C(=O)OC)Nc2ccc(Cl)cc2C(=O)N1NC(=O)Cc1ccccc1. The van der Waals surface area contributed by atoms with Gasteiger partial charge in [0.25, 0.3) is 5.91 Å². The number of hydrogen-bond donors (Lipinski definition) is 2. The number of esters is 2. The molecule has 0 spiro atoms. The van der Waals surface area contributed by atoms with E-state index in [0.717, 1.165) is 19.2 Å². The average Bonchev–Trinajstić information content (AvgIpc) is 2.77. The average molecular weight is 446 g/mol. The molecule has 1 atom stereocenters. The molecule has 0 bridgehead atoms. The molecular weight excluding hydrogens is 426 g/mol. The highest BCUT2D eigenvalue weighted by Crippen LogP contribution is 2.35. The van der Waals surface area contributed by atoms with Gasteiger partial charge >= 0.3 is 11.9 Å². The molecule has 1 unspecified atom stereocenters. The smallest absolute Gasteiger partial charge is 0.355 e. The van der Waals surface area contributed by atoms with Crippen molar-refractivity contribution in [2.24, 2.45) is 0 Å². The molecule has 0 saturated heterocycles. The summed E-state index contributed by atoms with van der Waals surface area (Å²) in [6, 6.07) is 13.2. The Bertz CT molecular complexity index is 1030. The molecule has 1 aliphatic heterocycles. The Kier molecular flexibility index (Phi) is 6.45. The third-order valence-corrected chi connectivity index (χ3v) is 4.97. The number of hydrogen-bond acceptors (Lipinski definition) is 7. The lowest BCUT2D eigenvalue weighted by Crippen LogP contribution is -2.70. The number of nitrogens with zero attached hydrogens (tertiary/aromatic N) is 1. The number of rotatable bonds is 6. The van der Waals surface area contributed by atoms with Crippen LogP contribution in [0.4, 0.5) is 5.69 Å². The zero-order valence-electron chi connectivity index (χ0n) is 16.8. The normalized spacial score (nSPS) is 17.3. The number of carbonyl (C=O) groups excluding carboxylic acids is 4. The summed E-state index contributed by atoms with van der Waals surface area (Å²) < 4.78 is 9.58. The summed E-state index contributed by atoms with van der Waals surface area (Å²) >= 11 is 6.02. The van der Waals surface area contributed by atoms with Crippen molar-refractivity contribution in [3.63, 3.8) is 0 Å². The maximum Gasteiger partial charge on any atom is 0.355 e. The third-order valence-electron chi connectivity index (χ3n) is 4.73. The van der Waals surface area contributed by atoms with Gasteiger partial charge in [0.05, 0.1) is 26.2 Å². The number of nitrogens with one attached hydrogen (secondary N) is 2. The highest BCUT2D eigenvalue weighted by atomic mass is 35.5. The number of hydrazine groups is 1. The Labute approximate surface area is 183 Å². The van der Waals surface area contributed by atoms with Crippen molar-refractivity contribution in [3.05, 3.63) is 64.7 Å². The van der Waals surface area contributed by atoms with Crippen LogP contribution in [0.2, 0.25) is 5.02 Å². The molecular formula is C21H20ClN3O6. The molecule has 162 valence electrons. The van der Waals surface area contributed by atoms with E-state index in [1.54, 1.807) is 30.3 Å². The Morgan fingerprint density at radius 1 is 1.10 bits per heavy atom. The molecule has 2 aromatic carbocycles. The van der Waals surface area contributed by atoms with E-state index < -0.39 is 35.8 Å². The van der Waals surface area contributed by atoms with Gasteiger partial charge in [-0.3, -0.25) is 19.8 Å². The molecule has 10 heteroatoms. The van der Waals surface area contributed by atoms with Gasteiger partial charge < -0.3 is 14.8 Å². The second-order valence-electron chi connectivity index (χ2n) is 6.76. The van der Waals surface area contributed by atoms with Crippen molar-refractivity contribution in [2.45, 2.75) is 18.5 Å². The first-order valence-electron chi connectivity index (χ1n) is 9.21. The Balaban J connectivity index is 2.04. The van der Waals surface area contributed by atoms with E-state index in [2.05, 4.69) is 10.7 Å². The van der Waals surface area contributed by atoms with Crippen LogP contribution in [-0.2, 0) is 30.3 Å². The van der Waals surface area contributed by atoms with Crippen LogP contribution in [0.3, 0.4) is 0 Å². The minimum absolute atomic E-state index is 0.0670. The van der Waals surface area contributed by atoms with Crippen molar-refractivity contribution >= 4 is 41.0 Å². The van der Waals surface area contributed by atoms with Crippen LogP contribution in [0.5, 0.6) is 0 Å². The van der Waals surface area contributed by atoms with Crippen LogP contribution >= 0.6 is 11.6 Å². The minimum atomic E-state index is -2.06. The summed E-state index contributed by atoms with van der Waals surface area (Å²) in [5, 5.41) is 3.90. The number of ether oxygens (including phenoxy) is 2. The van der Waals surface area contributed by atoms with Gasteiger partial charge in [0, 0.05) is 10.7 Å². The first-order chi connectivity index (χ1) is 14.8. The minimum Gasteiger partial charge on any atom is -0.469 e. The lowest BCUT2D eigenvalue weighted by molar-refractivity contribution is -0.161. The van der Waals surface area contributed by atoms with Crippen molar-refractivity contribution in [1.82, 2.24) is 10.4 Å². The zero-order chi connectivity index (χ0) is 22.6. The monoisotopic (exact) mass is 445 g/mol.